The molecule has 0 aromatic heterocycles. The van der Waals surface area contributed by atoms with Gasteiger partial charge in [-0.15, -0.1) is 0 Å². The van der Waals surface area contributed by atoms with Gasteiger partial charge in [0.25, 0.3) is 11.8 Å². The maximum Gasteiger partial charge on any atom is 0.344 e. The van der Waals surface area contributed by atoms with Crippen molar-refractivity contribution in [2.75, 3.05) is 13.7 Å². The minimum absolute atomic E-state index is 0.0354. The van der Waals surface area contributed by atoms with Crippen molar-refractivity contribution in [3.63, 3.8) is 0 Å². The van der Waals surface area contributed by atoms with Crippen LogP contribution < -0.4 is 20.1 Å². The van der Waals surface area contributed by atoms with Gasteiger partial charge in [-0.2, -0.15) is 0 Å². The first-order valence-corrected chi connectivity index (χ1v) is 8.09. The Balaban J connectivity index is 2.16. The zero-order chi connectivity index (χ0) is 19.3. The third-order valence-corrected chi connectivity index (χ3v) is 3.36. The molecular weight excluding hydrogens is 360 g/mol. The number of ether oxygens (including phenoxy) is 3. The van der Waals surface area contributed by atoms with Crippen LogP contribution in [0, 0.1) is 0 Å². The number of hydrogen-bond donors (Lipinski definition) is 2. The van der Waals surface area contributed by atoms with Gasteiger partial charge < -0.3 is 14.2 Å². The number of hydrogen-bond acceptors (Lipinski definition) is 7. The van der Waals surface area contributed by atoms with Crippen molar-refractivity contribution in [2.45, 2.75) is 20.0 Å². The number of amides is 2. The van der Waals surface area contributed by atoms with Gasteiger partial charge in [0.05, 0.1) is 13.2 Å². The summed E-state index contributed by atoms with van der Waals surface area (Å²) in [6, 6.07) is 4.76. The molecule has 0 unspecified atom stereocenters. The van der Waals surface area contributed by atoms with E-state index in [1.807, 2.05) is 0 Å². The van der Waals surface area contributed by atoms with E-state index in [1.165, 1.54) is 13.2 Å². The van der Waals surface area contributed by atoms with Gasteiger partial charge in [0.1, 0.15) is 5.57 Å². The first-order valence-electron chi connectivity index (χ1n) is 7.69. The number of esters is 1. The van der Waals surface area contributed by atoms with Crippen molar-refractivity contribution in [3.05, 3.63) is 29.3 Å². The fraction of sp³-hybridized carbons (Fsp3) is 0.294. The summed E-state index contributed by atoms with van der Waals surface area (Å²) in [5.41, 5.74) is 0.446. The molecule has 2 amide bonds. The lowest BCUT2D eigenvalue weighted by atomic mass is 10.1. The lowest BCUT2D eigenvalue weighted by Gasteiger charge is -2.16. The Morgan fingerprint density at radius 1 is 1.19 bits per heavy atom. The normalized spacial score (nSPS) is 13.8. The van der Waals surface area contributed by atoms with Crippen LogP contribution in [0.2, 0.25) is 0 Å². The zero-order valence-corrected chi connectivity index (χ0v) is 15.3. The van der Waals surface area contributed by atoms with Gasteiger partial charge in [-0.05, 0) is 49.8 Å². The van der Waals surface area contributed by atoms with Gasteiger partial charge in [0, 0.05) is 0 Å². The molecule has 0 saturated carbocycles. The molecule has 1 heterocycles. The van der Waals surface area contributed by atoms with Crippen LogP contribution in [0.3, 0.4) is 0 Å². The average molecular weight is 378 g/mol. The molecule has 1 aliphatic rings. The van der Waals surface area contributed by atoms with Crippen LogP contribution in [0.4, 0.5) is 0 Å². The Hall–Kier alpha value is -2.94. The highest BCUT2D eigenvalue weighted by atomic mass is 32.1. The van der Waals surface area contributed by atoms with Gasteiger partial charge in [0.15, 0.2) is 23.2 Å². The molecule has 2 rings (SSSR count). The highest BCUT2D eigenvalue weighted by molar-refractivity contribution is 7.80. The number of carbonyl (C=O) groups excluding carboxylic acids is 3. The summed E-state index contributed by atoms with van der Waals surface area (Å²) in [6.07, 6.45) is 1.16. The van der Waals surface area contributed by atoms with Crippen molar-refractivity contribution >= 4 is 41.2 Å². The van der Waals surface area contributed by atoms with Crippen molar-refractivity contribution < 1.29 is 28.6 Å². The maximum absolute atomic E-state index is 11.9. The second-order valence-corrected chi connectivity index (χ2v) is 5.94. The third kappa shape index (κ3) is 5.03. The quantitative estimate of drug-likeness (QED) is 0.329. The van der Waals surface area contributed by atoms with Crippen LogP contribution in [0.5, 0.6) is 11.5 Å². The molecule has 2 N–H and O–H groups in total. The molecule has 1 saturated heterocycles. The molecule has 1 aromatic rings. The Kier molecular flexibility index (Phi) is 6.29. The van der Waals surface area contributed by atoms with Crippen LogP contribution in [0.25, 0.3) is 6.08 Å². The molecule has 1 aliphatic heterocycles. The van der Waals surface area contributed by atoms with Crippen LogP contribution in [-0.4, -0.2) is 42.7 Å². The fourth-order valence-corrected chi connectivity index (χ4v) is 2.29. The second-order valence-electron chi connectivity index (χ2n) is 5.53. The van der Waals surface area contributed by atoms with Gasteiger partial charge in [-0.3, -0.25) is 20.2 Å². The molecule has 0 aliphatic carbocycles. The molecule has 138 valence electrons. The molecule has 0 atom stereocenters. The average Bonchev–Trinajstić information content (AvgIpc) is 2.56. The molecule has 8 nitrogen and oxygen atoms in total. The highest BCUT2D eigenvalue weighted by Gasteiger charge is 2.25. The van der Waals surface area contributed by atoms with Crippen LogP contribution >= 0.6 is 12.2 Å². The zero-order valence-electron chi connectivity index (χ0n) is 14.5. The van der Waals surface area contributed by atoms with E-state index >= 15 is 0 Å². The lowest BCUT2D eigenvalue weighted by molar-refractivity contribution is -0.149. The maximum atomic E-state index is 11.9. The van der Waals surface area contributed by atoms with E-state index in [0.29, 0.717) is 17.1 Å². The predicted octanol–water partition coefficient (Wildman–Crippen LogP) is 0.940. The number of rotatable bonds is 6. The topological polar surface area (TPSA) is 103 Å². The molecule has 26 heavy (non-hydrogen) atoms. The first kappa shape index (κ1) is 19.4. The van der Waals surface area contributed by atoms with E-state index in [1.54, 1.807) is 32.0 Å². The van der Waals surface area contributed by atoms with Crippen molar-refractivity contribution in [1.29, 1.82) is 0 Å². The smallest absolute Gasteiger partial charge is 0.344 e. The number of benzene rings is 1. The second kappa shape index (κ2) is 8.43. The van der Waals surface area contributed by atoms with Crippen molar-refractivity contribution in [1.82, 2.24) is 10.6 Å². The van der Waals surface area contributed by atoms with Gasteiger partial charge in [-0.1, -0.05) is 6.07 Å². The molecule has 1 aromatic carbocycles. The third-order valence-electron chi connectivity index (χ3n) is 3.15. The first-order chi connectivity index (χ1) is 12.3. The van der Waals surface area contributed by atoms with Gasteiger partial charge in [-0.25, -0.2) is 4.79 Å². The summed E-state index contributed by atoms with van der Waals surface area (Å²) < 4.78 is 15.6. The number of thiocarbonyl (C=S) groups is 1. The summed E-state index contributed by atoms with van der Waals surface area (Å²) >= 11 is 4.74. The van der Waals surface area contributed by atoms with Crippen molar-refractivity contribution in [3.8, 4) is 11.5 Å². The van der Waals surface area contributed by atoms with E-state index in [4.69, 9.17) is 26.4 Å². The van der Waals surface area contributed by atoms with E-state index in [-0.39, 0.29) is 23.4 Å². The van der Waals surface area contributed by atoms with E-state index in [2.05, 4.69) is 10.6 Å². The van der Waals surface area contributed by atoms with Gasteiger partial charge in [0.2, 0.25) is 0 Å². The highest BCUT2D eigenvalue weighted by Crippen LogP contribution is 2.29. The Morgan fingerprint density at radius 3 is 2.42 bits per heavy atom. The summed E-state index contributed by atoms with van der Waals surface area (Å²) in [7, 11) is 1.43. The number of methoxy groups -OCH3 is 1. The standard InChI is InChI=1S/C17H18N2O6S/c1-9(2)25-14(20)8-24-12-5-4-10(7-13(12)23-3)6-11-15(21)18-17(26)19-16(11)22/h4-7,9H,8H2,1-3H3,(H2,18,19,21,22,26). The van der Waals surface area contributed by atoms with Crippen LogP contribution in [0.15, 0.2) is 23.8 Å². The minimum Gasteiger partial charge on any atom is -0.493 e. The summed E-state index contributed by atoms with van der Waals surface area (Å²) in [6.45, 7) is 3.22. The molecule has 0 bridgehead atoms. The van der Waals surface area contributed by atoms with Gasteiger partial charge >= 0.3 is 5.97 Å². The Labute approximate surface area is 155 Å². The lowest BCUT2D eigenvalue weighted by Crippen LogP contribution is -2.51. The Bertz CT molecular complexity index is 765. The van der Waals surface area contributed by atoms with Crippen molar-refractivity contribution in [2.24, 2.45) is 0 Å². The SMILES string of the molecule is COc1cc(C=C2C(=O)NC(=S)NC2=O)ccc1OCC(=O)OC(C)C. The monoisotopic (exact) mass is 378 g/mol. The fourth-order valence-electron chi connectivity index (χ4n) is 2.10. The Morgan fingerprint density at radius 2 is 1.85 bits per heavy atom. The summed E-state index contributed by atoms with van der Waals surface area (Å²) in [5.74, 6) is -1.01. The van der Waals surface area contributed by atoms with Crippen LogP contribution in [-0.2, 0) is 19.1 Å². The summed E-state index contributed by atoms with van der Waals surface area (Å²) in [5, 5.41) is 4.67. The molecule has 0 radical (unpaired) electrons. The minimum atomic E-state index is -0.588. The predicted molar refractivity (Wildman–Crippen MR) is 96.6 cm³/mol. The summed E-state index contributed by atoms with van der Waals surface area (Å²) in [4.78, 5) is 35.3. The largest absolute Gasteiger partial charge is 0.493 e. The van der Waals surface area contributed by atoms with E-state index in [0.717, 1.165) is 0 Å². The molecule has 1 fully saturated rings. The molecular formula is C17H18N2O6S. The van der Waals surface area contributed by atoms with E-state index < -0.39 is 17.8 Å². The molecule has 9 heteroatoms. The number of nitrogens with one attached hydrogen (secondary N) is 2. The van der Waals surface area contributed by atoms with E-state index in [9.17, 15) is 14.4 Å². The van der Waals surface area contributed by atoms with Crippen LogP contribution in [0.1, 0.15) is 19.4 Å². The number of carbonyl (C=O) groups is 3. The molecule has 0 spiro atoms.